The van der Waals surface area contributed by atoms with E-state index < -0.39 is 12.5 Å². The van der Waals surface area contributed by atoms with E-state index in [0.29, 0.717) is 6.42 Å². The summed E-state index contributed by atoms with van der Waals surface area (Å²) in [6.07, 6.45) is 26.2. The van der Waals surface area contributed by atoms with Crippen LogP contribution in [0.4, 0.5) is 0 Å². The first-order chi connectivity index (χ1) is 15.5. The van der Waals surface area contributed by atoms with Crippen molar-refractivity contribution in [3.05, 3.63) is 12.2 Å². The topological polar surface area (TPSA) is 93.5 Å². The number of carbonyl (C=O) groups is 2. The van der Waals surface area contributed by atoms with E-state index in [-0.39, 0.29) is 11.9 Å². The lowest BCUT2D eigenvalue weighted by Crippen LogP contribution is -2.45. The van der Waals surface area contributed by atoms with E-state index in [1.54, 1.807) is 0 Å². The van der Waals surface area contributed by atoms with E-state index in [9.17, 15) is 9.59 Å². The molecule has 1 amide bonds. The molecule has 0 fully saturated rings. The van der Waals surface area contributed by atoms with Crippen molar-refractivity contribution in [3.63, 3.8) is 0 Å². The van der Waals surface area contributed by atoms with E-state index in [4.69, 9.17) is 10.5 Å². The van der Waals surface area contributed by atoms with Crippen LogP contribution in [0.25, 0.3) is 0 Å². The number of nitrogens with zero attached hydrogens (tertiary/aromatic N) is 1. The Bertz CT molecular complexity index is 520. The fourth-order valence-electron chi connectivity index (χ4n) is 3.75. The van der Waals surface area contributed by atoms with Crippen molar-refractivity contribution in [1.82, 2.24) is 10.2 Å². The fraction of sp³-hybridized carbons (Fsp3) is 0.808. The van der Waals surface area contributed by atoms with Crippen molar-refractivity contribution >= 4 is 17.8 Å². The quantitative estimate of drug-likeness (QED) is 0.0788. The van der Waals surface area contributed by atoms with Gasteiger partial charge in [-0.15, -0.1) is 0 Å². The number of allylic oxidation sites excluding steroid dienone is 2. The summed E-state index contributed by atoms with van der Waals surface area (Å²) in [5.41, 5.74) is 0. The van der Waals surface area contributed by atoms with E-state index in [1.807, 2.05) is 0 Å². The zero-order valence-electron chi connectivity index (χ0n) is 20.8. The summed E-state index contributed by atoms with van der Waals surface area (Å²) in [4.78, 5) is 24.0. The van der Waals surface area contributed by atoms with Gasteiger partial charge in [-0.25, -0.2) is 0 Å². The summed E-state index contributed by atoms with van der Waals surface area (Å²) >= 11 is 0. The van der Waals surface area contributed by atoms with Crippen molar-refractivity contribution in [2.75, 3.05) is 13.6 Å². The number of carboxylic acid groups (broad SMARTS) is 1. The summed E-state index contributed by atoms with van der Waals surface area (Å²) in [6.45, 7) is 1.80. The van der Waals surface area contributed by atoms with Gasteiger partial charge in [-0.05, 0) is 32.1 Å². The monoisotopic (exact) mass is 451 g/mol. The number of carbonyl (C=O) groups excluding carboxylic acids is 1. The average molecular weight is 452 g/mol. The number of carboxylic acids is 1. The van der Waals surface area contributed by atoms with Gasteiger partial charge in [0.15, 0.2) is 5.96 Å². The van der Waals surface area contributed by atoms with Gasteiger partial charge < -0.3 is 10.4 Å². The lowest BCUT2D eigenvalue weighted by Gasteiger charge is -2.20. The van der Waals surface area contributed by atoms with Crippen LogP contribution in [0.1, 0.15) is 122 Å². The highest BCUT2D eigenvalue weighted by Gasteiger charge is 2.19. The molecule has 0 atom stereocenters. The van der Waals surface area contributed by atoms with Crippen LogP contribution in [0.2, 0.25) is 0 Å². The lowest BCUT2D eigenvalue weighted by atomic mass is 10.1. The van der Waals surface area contributed by atoms with Gasteiger partial charge >= 0.3 is 5.97 Å². The van der Waals surface area contributed by atoms with Gasteiger partial charge in [0.25, 0.3) is 0 Å². The lowest BCUT2D eigenvalue weighted by molar-refractivity contribution is -0.141. The van der Waals surface area contributed by atoms with Gasteiger partial charge in [-0.3, -0.25) is 19.9 Å². The molecule has 6 nitrogen and oxygen atoms in total. The number of nitrogens with one attached hydrogen (secondary N) is 2. The third-order valence-corrected chi connectivity index (χ3v) is 5.75. The van der Waals surface area contributed by atoms with Crippen LogP contribution in [0.15, 0.2) is 12.2 Å². The number of hydrogen-bond acceptors (Lipinski definition) is 3. The maximum absolute atomic E-state index is 12.1. The first-order valence-electron chi connectivity index (χ1n) is 13.0. The summed E-state index contributed by atoms with van der Waals surface area (Å²) in [6, 6.07) is 0. The number of unbranched alkanes of at least 4 members (excludes halogenated alkanes) is 15. The Balaban J connectivity index is 3.48. The molecule has 0 spiro atoms. The van der Waals surface area contributed by atoms with Gasteiger partial charge in [0.2, 0.25) is 5.91 Å². The third kappa shape index (κ3) is 18.9. The zero-order chi connectivity index (χ0) is 23.9. The molecule has 0 heterocycles. The Morgan fingerprint density at radius 3 is 1.66 bits per heavy atom. The Kier molecular flexibility index (Phi) is 21.1. The molecule has 0 saturated carbocycles. The highest BCUT2D eigenvalue weighted by atomic mass is 16.4. The summed E-state index contributed by atoms with van der Waals surface area (Å²) in [5.74, 6) is -1.57. The third-order valence-electron chi connectivity index (χ3n) is 5.75. The van der Waals surface area contributed by atoms with Crippen LogP contribution in [-0.2, 0) is 9.59 Å². The molecular formula is C26H49N3O3. The number of aliphatic carboxylic acids is 1. The molecule has 0 bridgehead atoms. The molecule has 0 aliphatic heterocycles. The van der Waals surface area contributed by atoms with Gasteiger partial charge in [0, 0.05) is 13.5 Å². The minimum atomic E-state index is -1.11. The Hall–Kier alpha value is -1.85. The van der Waals surface area contributed by atoms with Crippen LogP contribution in [0.5, 0.6) is 0 Å². The van der Waals surface area contributed by atoms with Gasteiger partial charge in [-0.2, -0.15) is 0 Å². The van der Waals surface area contributed by atoms with Crippen LogP contribution < -0.4 is 5.32 Å². The number of hydrogen-bond donors (Lipinski definition) is 3. The van der Waals surface area contributed by atoms with Crippen molar-refractivity contribution in [3.8, 4) is 0 Å². The fourth-order valence-corrected chi connectivity index (χ4v) is 3.75. The molecule has 32 heavy (non-hydrogen) atoms. The molecule has 0 unspecified atom stereocenters. The molecule has 0 rings (SSSR count). The minimum absolute atomic E-state index is 0.161. The van der Waals surface area contributed by atoms with Crippen molar-refractivity contribution in [2.24, 2.45) is 0 Å². The second kappa shape index (κ2) is 22.3. The van der Waals surface area contributed by atoms with Crippen LogP contribution in [-0.4, -0.2) is 41.4 Å². The SMILES string of the molecule is CCCCCCCC/C=C\CCCCCCCCCCCC(=O)N(CC(=O)O)C(=N)NC. The maximum atomic E-state index is 12.1. The standard InChI is InChI=1S/C26H49N3O3/c1-3-4-5-6-7-8-9-10-11-12-13-14-15-16-17-18-19-20-21-22-24(30)29(23-25(31)32)26(27)28-2/h10-11H,3-9,12-23H2,1-2H3,(H2,27,28)(H,31,32)/b11-10-. The maximum Gasteiger partial charge on any atom is 0.323 e. The normalized spacial score (nSPS) is 11.1. The second-order valence-corrected chi connectivity index (χ2v) is 8.72. The summed E-state index contributed by atoms with van der Waals surface area (Å²) in [5, 5.41) is 19.1. The van der Waals surface area contributed by atoms with E-state index in [0.717, 1.165) is 24.2 Å². The van der Waals surface area contributed by atoms with Crippen molar-refractivity contribution in [2.45, 2.75) is 122 Å². The first-order valence-corrected chi connectivity index (χ1v) is 13.0. The minimum Gasteiger partial charge on any atom is -0.480 e. The first kappa shape index (κ1) is 30.1. The number of amides is 1. The predicted molar refractivity (Wildman–Crippen MR) is 134 cm³/mol. The summed E-state index contributed by atoms with van der Waals surface area (Å²) in [7, 11) is 1.51. The molecule has 0 aliphatic carbocycles. The van der Waals surface area contributed by atoms with Gasteiger partial charge in [-0.1, -0.05) is 96.1 Å². The zero-order valence-corrected chi connectivity index (χ0v) is 20.8. The average Bonchev–Trinajstić information content (AvgIpc) is 2.78. The molecule has 0 radical (unpaired) electrons. The van der Waals surface area contributed by atoms with Crippen LogP contribution in [0.3, 0.4) is 0 Å². The molecule has 3 N–H and O–H groups in total. The van der Waals surface area contributed by atoms with Gasteiger partial charge in [0.1, 0.15) is 6.54 Å². The largest absolute Gasteiger partial charge is 0.480 e. The summed E-state index contributed by atoms with van der Waals surface area (Å²) < 4.78 is 0. The molecule has 186 valence electrons. The van der Waals surface area contributed by atoms with Crippen LogP contribution >= 0.6 is 0 Å². The molecular weight excluding hydrogens is 402 g/mol. The number of rotatable bonds is 21. The molecule has 0 aromatic rings. The van der Waals surface area contributed by atoms with E-state index in [2.05, 4.69) is 24.4 Å². The molecule has 0 saturated heterocycles. The predicted octanol–water partition coefficient (Wildman–Crippen LogP) is 6.65. The van der Waals surface area contributed by atoms with E-state index >= 15 is 0 Å². The van der Waals surface area contributed by atoms with Gasteiger partial charge in [0.05, 0.1) is 0 Å². The van der Waals surface area contributed by atoms with Crippen molar-refractivity contribution in [1.29, 1.82) is 5.41 Å². The highest BCUT2D eigenvalue weighted by molar-refractivity contribution is 5.98. The molecule has 6 heteroatoms. The van der Waals surface area contributed by atoms with E-state index in [1.165, 1.54) is 96.9 Å². The Labute approximate surface area is 196 Å². The second-order valence-electron chi connectivity index (χ2n) is 8.72. The molecule has 0 aliphatic rings. The Morgan fingerprint density at radius 1 is 0.781 bits per heavy atom. The van der Waals surface area contributed by atoms with Crippen molar-refractivity contribution < 1.29 is 14.7 Å². The smallest absolute Gasteiger partial charge is 0.323 e. The number of guanidine groups is 1. The molecule has 0 aromatic carbocycles. The Morgan fingerprint density at radius 2 is 1.22 bits per heavy atom. The van der Waals surface area contributed by atoms with Crippen LogP contribution in [0, 0.1) is 5.41 Å². The highest BCUT2D eigenvalue weighted by Crippen LogP contribution is 2.13. The molecule has 0 aromatic heterocycles.